The molecule has 3 rings (SSSR count). The molecule has 0 unspecified atom stereocenters. The maximum absolute atomic E-state index is 12.9. The Labute approximate surface area is 156 Å². The van der Waals surface area contributed by atoms with E-state index in [0.29, 0.717) is 11.3 Å². The summed E-state index contributed by atoms with van der Waals surface area (Å²) in [6.07, 6.45) is 1.42. The summed E-state index contributed by atoms with van der Waals surface area (Å²) < 4.78 is 12.9. The number of anilines is 1. The summed E-state index contributed by atoms with van der Waals surface area (Å²) in [6.45, 7) is 2.15. The molecule has 1 heterocycles. The van der Waals surface area contributed by atoms with Crippen molar-refractivity contribution < 1.29 is 14.0 Å². The van der Waals surface area contributed by atoms with Gasteiger partial charge in [-0.25, -0.2) is 4.39 Å². The van der Waals surface area contributed by atoms with Gasteiger partial charge in [0.05, 0.1) is 0 Å². The van der Waals surface area contributed by atoms with Crippen molar-refractivity contribution >= 4 is 17.5 Å². The summed E-state index contributed by atoms with van der Waals surface area (Å²) in [7, 11) is 0. The third kappa shape index (κ3) is 4.76. The predicted octanol–water partition coefficient (Wildman–Crippen LogP) is 3.71. The minimum Gasteiger partial charge on any atom is -0.348 e. The summed E-state index contributed by atoms with van der Waals surface area (Å²) in [5, 5.41) is 5.53. The van der Waals surface area contributed by atoms with Gasteiger partial charge in [0.15, 0.2) is 0 Å². The first-order valence-electron chi connectivity index (χ1n) is 8.38. The van der Waals surface area contributed by atoms with Crippen LogP contribution in [0.15, 0.2) is 66.9 Å². The molecular formula is C21H18FN3O2. The Balaban J connectivity index is 1.67. The van der Waals surface area contributed by atoms with Crippen molar-refractivity contribution in [3.63, 3.8) is 0 Å². The minimum absolute atomic E-state index is 0.146. The average Bonchev–Trinajstić information content (AvgIpc) is 2.69. The third-order valence-corrected chi connectivity index (χ3v) is 4.01. The van der Waals surface area contributed by atoms with Crippen LogP contribution in [-0.4, -0.2) is 16.8 Å². The Hall–Kier alpha value is -3.54. The number of nitrogens with zero attached hydrogens (tertiary/aromatic N) is 1. The number of carbonyl (C=O) groups is 2. The number of halogens is 1. The molecule has 0 fully saturated rings. The number of pyridine rings is 1. The standard InChI is InChI=1S/C21H18FN3O2/c1-14-4-2-3-5-18(14)25-21(27)19-12-16(10-11-23-19)20(26)24-13-15-6-8-17(22)9-7-15/h2-12H,13H2,1H3,(H,24,26)(H,25,27). The Kier molecular flexibility index (Phi) is 5.56. The number of aromatic nitrogens is 1. The molecule has 136 valence electrons. The molecule has 2 N–H and O–H groups in total. The van der Waals surface area contributed by atoms with Gasteiger partial charge < -0.3 is 10.6 Å². The van der Waals surface area contributed by atoms with Crippen LogP contribution in [0.25, 0.3) is 0 Å². The molecule has 2 amide bonds. The fourth-order valence-corrected chi connectivity index (χ4v) is 2.48. The molecule has 3 aromatic rings. The quantitative estimate of drug-likeness (QED) is 0.726. The zero-order valence-corrected chi connectivity index (χ0v) is 14.7. The van der Waals surface area contributed by atoms with E-state index in [1.807, 2.05) is 25.1 Å². The Morgan fingerprint density at radius 2 is 1.74 bits per heavy atom. The van der Waals surface area contributed by atoms with Crippen molar-refractivity contribution in [2.45, 2.75) is 13.5 Å². The first-order chi connectivity index (χ1) is 13.0. The highest BCUT2D eigenvalue weighted by molar-refractivity contribution is 6.05. The van der Waals surface area contributed by atoms with Gasteiger partial charge in [-0.3, -0.25) is 14.6 Å². The van der Waals surface area contributed by atoms with Crippen LogP contribution in [0.4, 0.5) is 10.1 Å². The smallest absolute Gasteiger partial charge is 0.274 e. The molecule has 2 aromatic carbocycles. The molecule has 0 saturated carbocycles. The highest BCUT2D eigenvalue weighted by Crippen LogP contribution is 2.14. The number of amides is 2. The Morgan fingerprint density at radius 3 is 2.48 bits per heavy atom. The van der Waals surface area contributed by atoms with E-state index in [2.05, 4.69) is 15.6 Å². The molecular weight excluding hydrogens is 345 g/mol. The van der Waals surface area contributed by atoms with E-state index >= 15 is 0 Å². The number of para-hydroxylation sites is 1. The summed E-state index contributed by atoms with van der Waals surface area (Å²) in [4.78, 5) is 28.8. The zero-order valence-electron chi connectivity index (χ0n) is 14.7. The van der Waals surface area contributed by atoms with Crippen molar-refractivity contribution in [3.05, 3.63) is 95.1 Å². The lowest BCUT2D eigenvalue weighted by Crippen LogP contribution is -2.23. The summed E-state index contributed by atoms with van der Waals surface area (Å²) in [5.74, 6) is -1.06. The van der Waals surface area contributed by atoms with Crippen LogP contribution in [0.3, 0.4) is 0 Å². The molecule has 27 heavy (non-hydrogen) atoms. The zero-order chi connectivity index (χ0) is 19.2. The molecule has 0 atom stereocenters. The SMILES string of the molecule is Cc1ccccc1NC(=O)c1cc(C(=O)NCc2ccc(F)cc2)ccn1. The molecule has 0 saturated heterocycles. The van der Waals surface area contributed by atoms with Gasteiger partial charge in [-0.1, -0.05) is 30.3 Å². The van der Waals surface area contributed by atoms with Crippen LogP contribution in [0.5, 0.6) is 0 Å². The van der Waals surface area contributed by atoms with E-state index in [-0.39, 0.29) is 24.0 Å². The van der Waals surface area contributed by atoms with Crippen LogP contribution in [0, 0.1) is 12.7 Å². The van der Waals surface area contributed by atoms with Gasteiger partial charge in [0.2, 0.25) is 0 Å². The van der Waals surface area contributed by atoms with E-state index in [9.17, 15) is 14.0 Å². The average molecular weight is 363 g/mol. The Morgan fingerprint density at radius 1 is 1.00 bits per heavy atom. The van der Waals surface area contributed by atoms with Gasteiger partial charge in [0, 0.05) is 24.0 Å². The number of benzene rings is 2. The summed E-state index contributed by atoms with van der Waals surface area (Å²) in [6, 6.07) is 16.2. The van der Waals surface area contributed by atoms with E-state index in [0.717, 1.165) is 11.1 Å². The highest BCUT2D eigenvalue weighted by atomic mass is 19.1. The van der Waals surface area contributed by atoms with E-state index in [4.69, 9.17) is 0 Å². The molecule has 0 aliphatic rings. The van der Waals surface area contributed by atoms with Crippen molar-refractivity contribution in [1.29, 1.82) is 0 Å². The van der Waals surface area contributed by atoms with E-state index < -0.39 is 5.91 Å². The second kappa shape index (κ2) is 8.23. The van der Waals surface area contributed by atoms with Crippen LogP contribution in [-0.2, 0) is 6.54 Å². The van der Waals surface area contributed by atoms with E-state index in [1.165, 1.54) is 30.5 Å². The number of hydrogen-bond acceptors (Lipinski definition) is 3. The fraction of sp³-hybridized carbons (Fsp3) is 0.0952. The van der Waals surface area contributed by atoms with Crippen LogP contribution < -0.4 is 10.6 Å². The molecule has 5 nitrogen and oxygen atoms in total. The maximum Gasteiger partial charge on any atom is 0.274 e. The van der Waals surface area contributed by atoms with Gasteiger partial charge in [0.1, 0.15) is 11.5 Å². The van der Waals surface area contributed by atoms with Crippen LogP contribution in [0.1, 0.15) is 32.0 Å². The molecule has 0 radical (unpaired) electrons. The molecule has 0 bridgehead atoms. The number of rotatable bonds is 5. The molecule has 0 aliphatic carbocycles. The van der Waals surface area contributed by atoms with Crippen molar-refractivity contribution in [1.82, 2.24) is 10.3 Å². The number of nitrogens with one attached hydrogen (secondary N) is 2. The van der Waals surface area contributed by atoms with Gasteiger partial charge in [-0.2, -0.15) is 0 Å². The Bertz CT molecular complexity index is 971. The van der Waals surface area contributed by atoms with Crippen LogP contribution >= 0.6 is 0 Å². The monoisotopic (exact) mass is 363 g/mol. The predicted molar refractivity (Wildman–Crippen MR) is 101 cm³/mol. The fourth-order valence-electron chi connectivity index (χ4n) is 2.48. The molecule has 6 heteroatoms. The topological polar surface area (TPSA) is 71.1 Å². The molecule has 1 aromatic heterocycles. The minimum atomic E-state index is -0.391. The normalized spacial score (nSPS) is 10.3. The molecule has 0 aliphatic heterocycles. The summed E-state index contributed by atoms with van der Waals surface area (Å²) >= 11 is 0. The van der Waals surface area contributed by atoms with Gasteiger partial charge in [0.25, 0.3) is 11.8 Å². The first-order valence-corrected chi connectivity index (χ1v) is 8.38. The largest absolute Gasteiger partial charge is 0.348 e. The molecule has 0 spiro atoms. The number of carbonyl (C=O) groups excluding carboxylic acids is 2. The second-order valence-electron chi connectivity index (χ2n) is 6.01. The number of hydrogen-bond donors (Lipinski definition) is 2. The first kappa shape index (κ1) is 18.3. The lowest BCUT2D eigenvalue weighted by Gasteiger charge is -2.09. The van der Waals surface area contributed by atoms with Gasteiger partial charge >= 0.3 is 0 Å². The second-order valence-corrected chi connectivity index (χ2v) is 6.01. The van der Waals surface area contributed by atoms with Crippen molar-refractivity contribution in [2.75, 3.05) is 5.32 Å². The van der Waals surface area contributed by atoms with Gasteiger partial charge in [-0.15, -0.1) is 0 Å². The van der Waals surface area contributed by atoms with Crippen molar-refractivity contribution in [2.24, 2.45) is 0 Å². The number of aryl methyl sites for hydroxylation is 1. The lowest BCUT2D eigenvalue weighted by molar-refractivity contribution is 0.0951. The lowest BCUT2D eigenvalue weighted by atomic mass is 10.1. The highest BCUT2D eigenvalue weighted by Gasteiger charge is 2.13. The summed E-state index contributed by atoms with van der Waals surface area (Å²) in [5.41, 5.74) is 2.86. The van der Waals surface area contributed by atoms with Crippen LogP contribution in [0.2, 0.25) is 0 Å². The van der Waals surface area contributed by atoms with Crippen molar-refractivity contribution in [3.8, 4) is 0 Å². The third-order valence-electron chi connectivity index (χ3n) is 4.01. The maximum atomic E-state index is 12.9. The van der Waals surface area contributed by atoms with E-state index in [1.54, 1.807) is 18.2 Å². The van der Waals surface area contributed by atoms with Gasteiger partial charge in [-0.05, 0) is 48.4 Å².